The lowest BCUT2D eigenvalue weighted by atomic mass is 10.2. The van der Waals surface area contributed by atoms with Crippen LogP contribution in [0.4, 0.5) is 0 Å². The van der Waals surface area contributed by atoms with E-state index in [1.807, 2.05) is 0 Å². The SMILES string of the molecule is CC(C)(I)O[Si](C)(CCCNCCN)C(C)(C)C. The summed E-state index contributed by atoms with van der Waals surface area (Å²) in [5.74, 6) is 0. The van der Waals surface area contributed by atoms with Crippen molar-refractivity contribution >= 4 is 30.9 Å². The molecule has 0 fully saturated rings. The van der Waals surface area contributed by atoms with Crippen molar-refractivity contribution in [3.8, 4) is 0 Å². The summed E-state index contributed by atoms with van der Waals surface area (Å²) in [4.78, 5) is 0. The quantitative estimate of drug-likeness (QED) is 0.291. The van der Waals surface area contributed by atoms with E-state index in [0.717, 1.165) is 13.1 Å². The molecule has 0 aliphatic heterocycles. The number of nitrogens with two attached hydrogens (primary N) is 1. The Labute approximate surface area is 128 Å². The van der Waals surface area contributed by atoms with E-state index in [1.165, 1.54) is 12.5 Å². The highest BCUT2D eigenvalue weighted by Crippen LogP contribution is 2.43. The third-order valence-corrected chi connectivity index (χ3v) is 9.46. The second-order valence-electron chi connectivity index (χ2n) is 6.59. The molecule has 0 saturated heterocycles. The molecule has 0 radical (unpaired) electrons. The number of hydrogen-bond acceptors (Lipinski definition) is 3. The van der Waals surface area contributed by atoms with E-state index < -0.39 is 8.32 Å². The van der Waals surface area contributed by atoms with Gasteiger partial charge in [0, 0.05) is 13.1 Å². The summed E-state index contributed by atoms with van der Waals surface area (Å²) in [5, 5.41) is 3.63. The molecule has 1 atom stereocenters. The summed E-state index contributed by atoms with van der Waals surface area (Å²) in [7, 11) is -1.73. The Bertz CT molecular complexity index is 238. The van der Waals surface area contributed by atoms with Crippen LogP contribution in [0.25, 0.3) is 0 Å². The summed E-state index contributed by atoms with van der Waals surface area (Å²) < 4.78 is 6.40. The fourth-order valence-electron chi connectivity index (χ4n) is 1.89. The highest BCUT2D eigenvalue weighted by atomic mass is 127. The van der Waals surface area contributed by atoms with Crippen molar-refractivity contribution in [3.63, 3.8) is 0 Å². The molecule has 0 aliphatic rings. The summed E-state index contributed by atoms with van der Waals surface area (Å²) in [6.07, 6.45) is 1.17. The molecule has 18 heavy (non-hydrogen) atoms. The zero-order chi connectivity index (χ0) is 14.4. The normalized spacial score (nSPS) is 16.7. The van der Waals surface area contributed by atoms with Gasteiger partial charge in [-0.05, 0) is 67.0 Å². The minimum Gasteiger partial charge on any atom is -0.403 e. The molecule has 3 N–H and O–H groups in total. The van der Waals surface area contributed by atoms with Crippen LogP contribution in [0.15, 0.2) is 0 Å². The van der Waals surface area contributed by atoms with Gasteiger partial charge in [0.25, 0.3) is 0 Å². The lowest BCUT2D eigenvalue weighted by Crippen LogP contribution is -2.48. The summed E-state index contributed by atoms with van der Waals surface area (Å²) in [5.41, 5.74) is 5.47. The number of alkyl halides is 1. The third-order valence-electron chi connectivity index (χ3n) is 3.38. The number of nitrogens with one attached hydrogen (secondary N) is 1. The maximum Gasteiger partial charge on any atom is 0.196 e. The van der Waals surface area contributed by atoms with E-state index in [1.54, 1.807) is 0 Å². The van der Waals surface area contributed by atoms with E-state index in [-0.39, 0.29) is 8.65 Å². The first kappa shape index (κ1) is 18.8. The standard InChI is InChI=1S/C13H31IN2OSi/c1-12(2,3)18(6,17-13(4,5)14)11-7-9-16-10-8-15/h16H,7-11,15H2,1-6H3. The number of halogens is 1. The Kier molecular flexibility index (Phi) is 7.91. The molecule has 110 valence electrons. The summed E-state index contributed by atoms with van der Waals surface area (Å²) >= 11 is 2.40. The van der Waals surface area contributed by atoms with Crippen molar-refractivity contribution in [2.24, 2.45) is 5.73 Å². The van der Waals surface area contributed by atoms with Crippen LogP contribution >= 0.6 is 22.6 Å². The Morgan fingerprint density at radius 3 is 2.11 bits per heavy atom. The maximum absolute atomic E-state index is 6.47. The predicted octanol–water partition coefficient (Wildman–Crippen LogP) is 3.49. The molecule has 0 aromatic heterocycles. The zero-order valence-electron chi connectivity index (χ0n) is 12.9. The van der Waals surface area contributed by atoms with E-state index in [4.69, 9.17) is 10.2 Å². The van der Waals surface area contributed by atoms with Crippen LogP contribution < -0.4 is 11.1 Å². The van der Waals surface area contributed by atoms with Crippen LogP contribution in [0.5, 0.6) is 0 Å². The molecule has 5 heteroatoms. The zero-order valence-corrected chi connectivity index (χ0v) is 16.1. The van der Waals surface area contributed by atoms with Crippen molar-refractivity contribution < 1.29 is 4.43 Å². The third kappa shape index (κ3) is 7.42. The van der Waals surface area contributed by atoms with Gasteiger partial charge in [0.15, 0.2) is 8.32 Å². The Morgan fingerprint density at radius 1 is 1.17 bits per heavy atom. The van der Waals surface area contributed by atoms with Gasteiger partial charge in [0.1, 0.15) is 3.61 Å². The molecule has 0 aromatic carbocycles. The Hall–Kier alpha value is 0.827. The molecule has 1 unspecified atom stereocenters. The van der Waals surface area contributed by atoms with Crippen LogP contribution in [-0.2, 0) is 4.43 Å². The number of hydrogen-bond donors (Lipinski definition) is 2. The summed E-state index contributed by atoms with van der Waals surface area (Å²) in [6, 6.07) is 1.19. The van der Waals surface area contributed by atoms with Gasteiger partial charge in [-0.25, -0.2) is 0 Å². The van der Waals surface area contributed by atoms with Crippen molar-refractivity contribution in [1.82, 2.24) is 5.32 Å². The highest BCUT2D eigenvalue weighted by molar-refractivity contribution is 14.1. The molecule has 0 saturated carbocycles. The fraction of sp³-hybridized carbons (Fsp3) is 1.00. The van der Waals surface area contributed by atoms with Gasteiger partial charge in [-0.2, -0.15) is 0 Å². The van der Waals surface area contributed by atoms with E-state index in [0.29, 0.717) is 6.54 Å². The van der Waals surface area contributed by atoms with Crippen LogP contribution in [0.1, 0.15) is 41.0 Å². The Morgan fingerprint density at radius 2 is 1.72 bits per heavy atom. The molecule has 0 bridgehead atoms. The second-order valence-corrected chi connectivity index (χ2v) is 13.9. The topological polar surface area (TPSA) is 47.3 Å². The Balaban J connectivity index is 4.42. The molecule has 0 aromatic rings. The van der Waals surface area contributed by atoms with Crippen LogP contribution in [0.2, 0.25) is 17.6 Å². The molecular weight excluding hydrogens is 355 g/mol. The van der Waals surface area contributed by atoms with Crippen molar-refractivity contribution in [2.75, 3.05) is 19.6 Å². The van der Waals surface area contributed by atoms with Gasteiger partial charge >= 0.3 is 0 Å². The van der Waals surface area contributed by atoms with Gasteiger partial charge < -0.3 is 15.5 Å². The number of rotatable bonds is 8. The van der Waals surface area contributed by atoms with E-state index in [2.05, 4.69) is 69.1 Å². The molecule has 0 spiro atoms. The molecule has 0 aliphatic carbocycles. The first-order chi connectivity index (χ1) is 8.02. The minimum absolute atomic E-state index is 0.0727. The van der Waals surface area contributed by atoms with Crippen LogP contribution in [-0.4, -0.2) is 31.6 Å². The smallest absolute Gasteiger partial charge is 0.196 e. The second kappa shape index (κ2) is 7.57. The van der Waals surface area contributed by atoms with E-state index >= 15 is 0 Å². The molecule has 0 rings (SSSR count). The minimum atomic E-state index is -1.73. The molecular formula is C13H31IN2OSi. The van der Waals surface area contributed by atoms with Crippen molar-refractivity contribution in [1.29, 1.82) is 0 Å². The fourth-order valence-corrected chi connectivity index (χ4v) is 6.43. The lowest BCUT2D eigenvalue weighted by molar-refractivity contribution is 0.197. The first-order valence-electron chi connectivity index (χ1n) is 6.82. The lowest BCUT2D eigenvalue weighted by Gasteiger charge is -2.43. The van der Waals surface area contributed by atoms with Gasteiger partial charge in [0.2, 0.25) is 0 Å². The van der Waals surface area contributed by atoms with Gasteiger partial charge in [0.05, 0.1) is 0 Å². The average Bonchev–Trinajstić information content (AvgIpc) is 2.13. The molecule has 0 amide bonds. The van der Waals surface area contributed by atoms with Crippen molar-refractivity contribution in [2.45, 2.75) is 62.3 Å². The maximum atomic E-state index is 6.47. The van der Waals surface area contributed by atoms with Gasteiger partial charge in [-0.1, -0.05) is 20.8 Å². The van der Waals surface area contributed by atoms with Crippen molar-refractivity contribution in [3.05, 3.63) is 0 Å². The van der Waals surface area contributed by atoms with Crippen LogP contribution in [0, 0.1) is 0 Å². The monoisotopic (exact) mass is 386 g/mol. The largest absolute Gasteiger partial charge is 0.403 e. The molecule has 0 heterocycles. The van der Waals surface area contributed by atoms with Crippen LogP contribution in [0.3, 0.4) is 0 Å². The van der Waals surface area contributed by atoms with Gasteiger partial charge in [-0.15, -0.1) is 0 Å². The average molecular weight is 386 g/mol. The highest BCUT2D eigenvalue weighted by Gasteiger charge is 2.44. The summed E-state index contributed by atoms with van der Waals surface area (Å²) in [6.45, 7) is 16.3. The first-order valence-corrected chi connectivity index (χ1v) is 10.5. The predicted molar refractivity (Wildman–Crippen MR) is 91.9 cm³/mol. The molecule has 3 nitrogen and oxygen atoms in total. The van der Waals surface area contributed by atoms with E-state index in [9.17, 15) is 0 Å². The van der Waals surface area contributed by atoms with Gasteiger partial charge in [-0.3, -0.25) is 0 Å².